The van der Waals surface area contributed by atoms with Gasteiger partial charge in [-0.05, 0) is 24.7 Å². The van der Waals surface area contributed by atoms with Crippen LogP contribution in [0, 0.1) is 28.1 Å². The van der Waals surface area contributed by atoms with Gasteiger partial charge in [0.1, 0.15) is 12.2 Å². The maximum atomic E-state index is 13.4. The predicted octanol–water partition coefficient (Wildman–Crippen LogP) is -1.37. The fourth-order valence-electron chi connectivity index (χ4n) is 8.12. The van der Waals surface area contributed by atoms with Crippen LogP contribution in [0.15, 0.2) is 0 Å². The first-order valence-electron chi connectivity index (χ1n) is 10.2. The van der Waals surface area contributed by atoms with E-state index in [2.05, 4.69) is 0 Å². The lowest BCUT2D eigenvalue weighted by Gasteiger charge is -2.47. The second kappa shape index (κ2) is 4.69. The molecule has 6 aliphatic rings. The zero-order valence-corrected chi connectivity index (χ0v) is 16.9. The van der Waals surface area contributed by atoms with Crippen LogP contribution in [0.1, 0.15) is 34.1 Å². The monoisotopic (exact) mass is 424 g/mol. The highest BCUT2D eigenvalue weighted by atomic mass is 16.8. The molecule has 6 rings (SSSR count). The maximum Gasteiger partial charge on any atom is 0.343 e. The molecule has 0 radical (unpaired) electrons. The Balaban J connectivity index is 1.72. The van der Waals surface area contributed by atoms with Gasteiger partial charge in [0.05, 0.1) is 16.7 Å². The summed E-state index contributed by atoms with van der Waals surface area (Å²) in [5, 5.41) is 34.7. The minimum absolute atomic E-state index is 0.229. The van der Waals surface area contributed by atoms with Crippen molar-refractivity contribution >= 4 is 17.9 Å². The van der Waals surface area contributed by atoms with E-state index in [1.807, 2.05) is 20.8 Å². The van der Waals surface area contributed by atoms with E-state index in [0.717, 1.165) is 0 Å². The molecule has 2 saturated carbocycles. The first-order valence-corrected chi connectivity index (χ1v) is 10.2. The van der Waals surface area contributed by atoms with Crippen molar-refractivity contribution in [2.24, 2.45) is 28.1 Å². The van der Waals surface area contributed by atoms with Gasteiger partial charge in [0.15, 0.2) is 17.8 Å². The molecule has 6 unspecified atom stereocenters. The number of carbonyl (C=O) groups is 3. The van der Waals surface area contributed by atoms with E-state index in [1.165, 1.54) is 6.92 Å². The molecule has 2 spiro atoms. The molecule has 0 amide bonds. The average Bonchev–Trinajstić information content (AvgIpc) is 3.35. The molecule has 0 aromatic carbocycles. The second-order valence-electron chi connectivity index (χ2n) is 10.7. The summed E-state index contributed by atoms with van der Waals surface area (Å²) in [4.78, 5) is 38.2. The SMILES string of the molecule is C[C@@H]1C(=O)O[C@H]2[C@H](O)C34C5CC(C(C)(C)C)C36C(OC(=O)C6O)O[C@@]4(C(=O)O5)[C@@]12O. The number of esters is 3. The van der Waals surface area contributed by atoms with Crippen molar-refractivity contribution in [3.63, 3.8) is 0 Å². The summed E-state index contributed by atoms with van der Waals surface area (Å²) >= 11 is 0. The Bertz CT molecular complexity index is 925. The van der Waals surface area contributed by atoms with E-state index in [0.29, 0.717) is 0 Å². The third-order valence-corrected chi connectivity index (χ3v) is 9.00. The molecule has 10 heteroatoms. The van der Waals surface area contributed by atoms with Crippen LogP contribution in [0.5, 0.6) is 0 Å². The van der Waals surface area contributed by atoms with Crippen molar-refractivity contribution in [2.45, 2.75) is 76.0 Å². The Hall–Kier alpha value is -1.75. The lowest BCUT2D eigenvalue weighted by atomic mass is 9.51. The van der Waals surface area contributed by atoms with E-state index in [4.69, 9.17) is 18.9 Å². The molecule has 30 heavy (non-hydrogen) atoms. The van der Waals surface area contributed by atoms with Crippen LogP contribution in [0.4, 0.5) is 0 Å². The molecule has 6 fully saturated rings. The summed E-state index contributed by atoms with van der Waals surface area (Å²) in [5.74, 6) is -4.32. The average molecular weight is 424 g/mol. The van der Waals surface area contributed by atoms with Gasteiger partial charge in [-0.1, -0.05) is 20.8 Å². The number of aliphatic hydroxyl groups excluding tert-OH is 2. The topological polar surface area (TPSA) is 149 Å². The molecule has 2 aliphatic carbocycles. The van der Waals surface area contributed by atoms with Crippen molar-refractivity contribution in [3.05, 3.63) is 0 Å². The number of ether oxygens (including phenoxy) is 4. The predicted molar refractivity (Wildman–Crippen MR) is 92.0 cm³/mol. The van der Waals surface area contributed by atoms with Gasteiger partial charge in [0, 0.05) is 0 Å². The first-order chi connectivity index (χ1) is 13.8. The van der Waals surface area contributed by atoms with Gasteiger partial charge >= 0.3 is 17.9 Å². The van der Waals surface area contributed by atoms with Gasteiger partial charge in [-0.2, -0.15) is 0 Å². The molecular formula is C20H24O10. The lowest BCUT2D eigenvalue weighted by Crippen LogP contribution is -2.67. The van der Waals surface area contributed by atoms with Crippen molar-refractivity contribution in [1.82, 2.24) is 0 Å². The number of carbonyl (C=O) groups excluding carboxylic acids is 3. The van der Waals surface area contributed by atoms with E-state index < -0.39 is 87.9 Å². The van der Waals surface area contributed by atoms with Crippen LogP contribution in [0.3, 0.4) is 0 Å². The molecular weight excluding hydrogens is 400 g/mol. The summed E-state index contributed by atoms with van der Waals surface area (Å²) in [7, 11) is 0. The first kappa shape index (κ1) is 19.0. The van der Waals surface area contributed by atoms with Crippen molar-refractivity contribution in [3.8, 4) is 0 Å². The van der Waals surface area contributed by atoms with Gasteiger partial charge in [-0.15, -0.1) is 0 Å². The Kier molecular flexibility index (Phi) is 2.97. The third-order valence-electron chi connectivity index (χ3n) is 9.00. The quantitative estimate of drug-likeness (QED) is 0.314. The maximum absolute atomic E-state index is 13.4. The molecule has 0 aromatic heterocycles. The fraction of sp³-hybridized carbons (Fsp3) is 0.850. The highest BCUT2D eigenvalue weighted by molar-refractivity contribution is 5.94. The second-order valence-corrected chi connectivity index (χ2v) is 10.7. The van der Waals surface area contributed by atoms with Crippen LogP contribution in [-0.4, -0.2) is 75.1 Å². The van der Waals surface area contributed by atoms with Gasteiger partial charge in [0.25, 0.3) is 0 Å². The number of hydrogen-bond donors (Lipinski definition) is 3. The van der Waals surface area contributed by atoms with Crippen LogP contribution < -0.4 is 0 Å². The molecule has 3 N–H and O–H groups in total. The van der Waals surface area contributed by atoms with E-state index in [-0.39, 0.29) is 6.42 Å². The molecule has 10 nitrogen and oxygen atoms in total. The summed E-state index contributed by atoms with van der Waals surface area (Å²) < 4.78 is 22.5. The summed E-state index contributed by atoms with van der Waals surface area (Å²) in [6, 6.07) is 0. The minimum atomic E-state index is -2.24. The molecule has 0 bridgehead atoms. The number of aliphatic hydroxyl groups is 3. The molecule has 4 heterocycles. The lowest BCUT2D eigenvalue weighted by molar-refractivity contribution is -0.239. The summed E-state index contributed by atoms with van der Waals surface area (Å²) in [5.41, 5.74) is -8.26. The van der Waals surface area contributed by atoms with Crippen molar-refractivity contribution in [2.75, 3.05) is 0 Å². The number of hydrogen-bond acceptors (Lipinski definition) is 10. The number of fused-ring (bicyclic) bond motifs is 1. The Morgan fingerprint density at radius 3 is 2.33 bits per heavy atom. The standard InChI is InChI=1S/C20H24O10/c1-6-12(23)28-11-9(21)18-8-5-7(16(2,3)4)17(18)10(22)13(24)29-15(17)30-20(18,14(25)27-8)19(6,11)26/h6-11,15,21-22,26H,5H2,1-4H3/t6-,7?,8?,9+,10?,11+,15?,17?,18?,19-,20-/m1/s1. The van der Waals surface area contributed by atoms with E-state index in [1.54, 1.807) is 0 Å². The van der Waals surface area contributed by atoms with Crippen LogP contribution in [0.2, 0.25) is 0 Å². The summed E-state index contributed by atoms with van der Waals surface area (Å²) in [6.45, 7) is 7.14. The van der Waals surface area contributed by atoms with Gasteiger partial charge < -0.3 is 34.3 Å². The molecule has 4 saturated heterocycles. The Morgan fingerprint density at radius 2 is 1.70 bits per heavy atom. The zero-order valence-electron chi connectivity index (χ0n) is 16.9. The van der Waals surface area contributed by atoms with Gasteiger partial charge in [0.2, 0.25) is 11.9 Å². The van der Waals surface area contributed by atoms with E-state index in [9.17, 15) is 29.7 Å². The van der Waals surface area contributed by atoms with Crippen molar-refractivity contribution in [1.29, 1.82) is 0 Å². The Labute approximate surface area is 171 Å². The van der Waals surface area contributed by atoms with E-state index >= 15 is 0 Å². The van der Waals surface area contributed by atoms with Gasteiger partial charge in [-0.25, -0.2) is 9.59 Å². The third kappa shape index (κ3) is 1.33. The fourth-order valence-corrected chi connectivity index (χ4v) is 8.12. The minimum Gasteiger partial charge on any atom is -0.459 e. The molecule has 11 atom stereocenters. The van der Waals surface area contributed by atoms with Crippen LogP contribution in [-0.2, 0) is 33.3 Å². The van der Waals surface area contributed by atoms with Crippen molar-refractivity contribution < 1.29 is 48.7 Å². The normalized spacial score (nSPS) is 60.1. The molecule has 0 aromatic rings. The number of rotatable bonds is 0. The smallest absolute Gasteiger partial charge is 0.343 e. The van der Waals surface area contributed by atoms with Crippen LogP contribution >= 0.6 is 0 Å². The zero-order chi connectivity index (χ0) is 21.8. The molecule has 4 aliphatic heterocycles. The highest BCUT2D eigenvalue weighted by Crippen LogP contribution is 2.84. The molecule has 164 valence electrons. The summed E-state index contributed by atoms with van der Waals surface area (Å²) in [6.07, 6.45) is -6.91. The van der Waals surface area contributed by atoms with Gasteiger partial charge in [-0.3, -0.25) is 4.79 Å². The van der Waals surface area contributed by atoms with Crippen LogP contribution in [0.25, 0.3) is 0 Å². The Morgan fingerprint density at radius 1 is 1.03 bits per heavy atom. The highest BCUT2D eigenvalue weighted by Gasteiger charge is 3.03. The largest absolute Gasteiger partial charge is 0.459 e.